The van der Waals surface area contributed by atoms with Gasteiger partial charge in [-0.15, -0.1) is 11.3 Å². The molecule has 0 radical (unpaired) electrons. The smallest absolute Gasteiger partial charge is 0.337 e. The number of anilines is 1. The Kier molecular flexibility index (Phi) is 6.74. The van der Waals surface area contributed by atoms with Crippen LogP contribution in [-0.2, 0) is 6.42 Å². The van der Waals surface area contributed by atoms with Crippen molar-refractivity contribution in [1.82, 2.24) is 4.98 Å². The van der Waals surface area contributed by atoms with E-state index in [2.05, 4.69) is 10.3 Å². The topological polar surface area (TPSA) is 88.5 Å². The number of hydrogen-bond acceptors (Lipinski definition) is 5. The highest BCUT2D eigenvalue weighted by molar-refractivity contribution is 7.09. The van der Waals surface area contributed by atoms with Crippen LogP contribution in [0.1, 0.15) is 31.3 Å². The molecule has 0 aliphatic rings. The van der Waals surface area contributed by atoms with Crippen LogP contribution < -0.4 is 10.1 Å². The summed E-state index contributed by atoms with van der Waals surface area (Å²) in [6, 6.07) is 8.91. The Morgan fingerprint density at radius 3 is 2.62 bits per heavy atom. The number of aryl methyl sites for hydroxylation is 1. The molecule has 1 aromatic heterocycles. The number of aromatic carboxylic acids is 1. The van der Waals surface area contributed by atoms with Gasteiger partial charge in [0, 0.05) is 16.3 Å². The fraction of sp³-hybridized carbons (Fsp3) is 0.150. The number of nitrogens with zero attached hydrogens (tertiary/aromatic N) is 1. The van der Waals surface area contributed by atoms with E-state index in [0.717, 1.165) is 10.6 Å². The van der Waals surface area contributed by atoms with Crippen molar-refractivity contribution in [3.63, 3.8) is 0 Å². The Labute approximate surface area is 181 Å². The van der Waals surface area contributed by atoms with Crippen molar-refractivity contribution in [3.8, 4) is 5.75 Å². The molecule has 0 atom stereocenters. The van der Waals surface area contributed by atoms with E-state index in [-0.39, 0.29) is 21.8 Å². The summed E-state index contributed by atoms with van der Waals surface area (Å²) in [6.07, 6.45) is 0.673. The van der Waals surface area contributed by atoms with Crippen LogP contribution >= 0.6 is 34.5 Å². The number of carbonyl (C=O) groups excluding carboxylic acids is 1. The molecule has 0 saturated carbocycles. The third-order valence-electron chi connectivity index (χ3n) is 4.09. The summed E-state index contributed by atoms with van der Waals surface area (Å²) >= 11 is 13.4. The van der Waals surface area contributed by atoms with Gasteiger partial charge in [-0.2, -0.15) is 0 Å². The van der Waals surface area contributed by atoms with E-state index < -0.39 is 11.9 Å². The molecule has 0 unspecified atom stereocenters. The highest BCUT2D eigenvalue weighted by Crippen LogP contribution is 2.26. The molecule has 2 N–H and O–H groups in total. The number of benzene rings is 2. The van der Waals surface area contributed by atoms with Gasteiger partial charge in [0.1, 0.15) is 5.75 Å². The van der Waals surface area contributed by atoms with E-state index >= 15 is 0 Å². The van der Waals surface area contributed by atoms with Crippen LogP contribution in [0.5, 0.6) is 5.75 Å². The number of rotatable bonds is 7. The molecule has 0 saturated heterocycles. The van der Waals surface area contributed by atoms with Crippen LogP contribution in [0.3, 0.4) is 0 Å². The number of nitrogens with one attached hydrogen (secondary N) is 1. The molecule has 150 valence electrons. The Morgan fingerprint density at radius 2 is 1.97 bits per heavy atom. The molecule has 0 fully saturated rings. The monoisotopic (exact) mass is 450 g/mol. The Balaban J connectivity index is 1.73. The van der Waals surface area contributed by atoms with E-state index in [0.29, 0.717) is 23.8 Å². The quantitative estimate of drug-likeness (QED) is 0.507. The van der Waals surface area contributed by atoms with E-state index in [1.165, 1.54) is 30.3 Å². The van der Waals surface area contributed by atoms with E-state index in [4.69, 9.17) is 27.9 Å². The third-order valence-corrected chi connectivity index (χ3v) is 5.63. The average Bonchev–Trinajstić information content (AvgIpc) is 3.07. The lowest BCUT2D eigenvalue weighted by Crippen LogP contribution is -2.15. The number of amides is 1. The summed E-state index contributed by atoms with van der Waals surface area (Å²) in [5.74, 6) is -1.33. The fourth-order valence-electron chi connectivity index (χ4n) is 2.59. The zero-order valence-electron chi connectivity index (χ0n) is 15.2. The highest BCUT2D eigenvalue weighted by atomic mass is 35.5. The summed E-state index contributed by atoms with van der Waals surface area (Å²) in [5, 5.41) is 12.7. The molecule has 0 bridgehead atoms. The Hall–Kier alpha value is -2.61. The number of halogens is 2. The second kappa shape index (κ2) is 9.26. The summed E-state index contributed by atoms with van der Waals surface area (Å²) in [7, 11) is 0. The van der Waals surface area contributed by atoms with Gasteiger partial charge in [-0.1, -0.05) is 23.2 Å². The zero-order valence-corrected chi connectivity index (χ0v) is 17.6. The molecule has 3 aromatic rings. The second-order valence-electron chi connectivity index (χ2n) is 6.05. The predicted octanol–water partition coefficient (Wildman–Crippen LogP) is 5.33. The van der Waals surface area contributed by atoms with Crippen molar-refractivity contribution >= 4 is 52.1 Å². The molecule has 29 heavy (non-hydrogen) atoms. The molecular formula is C20H16Cl2N2O4S. The lowest BCUT2D eigenvalue weighted by atomic mass is 10.1. The van der Waals surface area contributed by atoms with Gasteiger partial charge < -0.3 is 15.2 Å². The van der Waals surface area contributed by atoms with Gasteiger partial charge in [-0.05, 0) is 43.3 Å². The molecule has 1 heterocycles. The lowest BCUT2D eigenvalue weighted by Gasteiger charge is -2.12. The Morgan fingerprint density at radius 1 is 1.17 bits per heavy atom. The Bertz CT molecular complexity index is 1070. The van der Waals surface area contributed by atoms with Crippen molar-refractivity contribution in [2.45, 2.75) is 13.3 Å². The zero-order chi connectivity index (χ0) is 21.0. The summed E-state index contributed by atoms with van der Waals surface area (Å²) < 4.78 is 5.67. The van der Waals surface area contributed by atoms with Crippen molar-refractivity contribution < 1.29 is 19.4 Å². The number of thiazole rings is 1. The molecule has 3 rings (SSSR count). The molecule has 6 nitrogen and oxygen atoms in total. The number of hydrogen-bond donors (Lipinski definition) is 2. The minimum Gasteiger partial charge on any atom is -0.493 e. The van der Waals surface area contributed by atoms with Gasteiger partial charge >= 0.3 is 5.97 Å². The molecule has 2 aromatic carbocycles. The molecular weight excluding hydrogens is 435 g/mol. The van der Waals surface area contributed by atoms with Crippen molar-refractivity contribution in [1.29, 1.82) is 0 Å². The summed E-state index contributed by atoms with van der Waals surface area (Å²) in [4.78, 5) is 29.4. The number of carboxylic acid groups (broad SMARTS) is 1. The number of aromatic nitrogens is 1. The van der Waals surface area contributed by atoms with E-state index in [1.807, 2.05) is 6.92 Å². The summed E-state index contributed by atoms with van der Waals surface area (Å²) in [5.41, 5.74) is 2.97. The lowest BCUT2D eigenvalue weighted by molar-refractivity contribution is 0.0697. The molecule has 0 aliphatic heterocycles. The SMILES string of the molecule is Cc1ncsc1CCOc1ccc(NC(=O)c2ccc(Cl)cc2Cl)c(C(=O)O)c1. The standard InChI is InChI=1S/C20H16Cl2N2O4S/c1-11-18(29-10-23-11)6-7-28-13-3-5-17(15(9-13)20(26)27)24-19(25)14-4-2-12(21)8-16(14)22/h2-5,8-10H,6-7H2,1H3,(H,24,25)(H,26,27). The molecule has 9 heteroatoms. The predicted molar refractivity (Wildman–Crippen MR) is 114 cm³/mol. The minimum atomic E-state index is -1.19. The number of carbonyl (C=O) groups is 2. The third kappa shape index (κ3) is 5.26. The molecule has 0 spiro atoms. The van der Waals surface area contributed by atoms with Gasteiger partial charge in [0.25, 0.3) is 5.91 Å². The van der Waals surface area contributed by atoms with Gasteiger partial charge in [0.2, 0.25) is 0 Å². The average molecular weight is 451 g/mol. The second-order valence-corrected chi connectivity index (χ2v) is 7.83. The maximum atomic E-state index is 12.5. The van der Waals surface area contributed by atoms with Gasteiger partial charge in [-0.3, -0.25) is 4.79 Å². The van der Waals surface area contributed by atoms with Crippen LogP contribution in [0.15, 0.2) is 41.9 Å². The fourth-order valence-corrected chi connectivity index (χ4v) is 3.85. The normalized spacial score (nSPS) is 10.6. The van der Waals surface area contributed by atoms with Crippen LogP contribution in [-0.4, -0.2) is 28.6 Å². The van der Waals surface area contributed by atoms with E-state index in [1.54, 1.807) is 22.9 Å². The highest BCUT2D eigenvalue weighted by Gasteiger charge is 2.17. The number of carboxylic acids is 1. The van der Waals surface area contributed by atoms with Crippen LogP contribution in [0.25, 0.3) is 0 Å². The number of ether oxygens (including phenoxy) is 1. The molecule has 1 amide bonds. The first-order chi connectivity index (χ1) is 13.8. The van der Waals surface area contributed by atoms with Crippen LogP contribution in [0.2, 0.25) is 10.0 Å². The maximum absolute atomic E-state index is 12.5. The maximum Gasteiger partial charge on any atom is 0.337 e. The van der Waals surface area contributed by atoms with Crippen molar-refractivity contribution in [2.75, 3.05) is 11.9 Å². The van der Waals surface area contributed by atoms with Gasteiger partial charge in [-0.25, -0.2) is 9.78 Å². The molecule has 0 aliphatic carbocycles. The van der Waals surface area contributed by atoms with Gasteiger partial charge in [0.15, 0.2) is 0 Å². The first-order valence-electron chi connectivity index (χ1n) is 8.50. The van der Waals surface area contributed by atoms with Crippen molar-refractivity contribution in [3.05, 3.63) is 73.7 Å². The largest absolute Gasteiger partial charge is 0.493 e. The summed E-state index contributed by atoms with van der Waals surface area (Å²) in [6.45, 7) is 2.31. The first kappa shape index (κ1) is 21.1. The van der Waals surface area contributed by atoms with Crippen LogP contribution in [0, 0.1) is 6.92 Å². The minimum absolute atomic E-state index is 0.0880. The van der Waals surface area contributed by atoms with E-state index in [9.17, 15) is 14.7 Å². The first-order valence-corrected chi connectivity index (χ1v) is 10.1. The van der Waals surface area contributed by atoms with Crippen LogP contribution in [0.4, 0.5) is 5.69 Å². The van der Waals surface area contributed by atoms with Crippen molar-refractivity contribution in [2.24, 2.45) is 0 Å². The van der Waals surface area contributed by atoms with Gasteiger partial charge in [0.05, 0.1) is 39.6 Å².